The summed E-state index contributed by atoms with van der Waals surface area (Å²) >= 11 is 0. The van der Waals surface area contributed by atoms with Gasteiger partial charge in [-0.15, -0.1) is 0 Å². The van der Waals surface area contributed by atoms with Gasteiger partial charge in [-0.25, -0.2) is 4.79 Å². The molecular weight excluding hydrogens is 274 g/mol. The second kappa shape index (κ2) is 5.91. The van der Waals surface area contributed by atoms with Crippen molar-refractivity contribution in [3.05, 3.63) is 47.8 Å². The van der Waals surface area contributed by atoms with Crippen LogP contribution in [-0.4, -0.2) is 27.1 Å². The monoisotopic (exact) mass is 287 g/mol. The number of phenols is 1. The standard InChI is InChI=1S/C14H13N3O4/c15-8-1-2-9(16-7-8)5-13(19)17-12-4-3-10(18)6-11(12)14(20)21/h1-4,6-7,18H,5,15H2,(H,17,19)(H,20,21). The zero-order valence-electron chi connectivity index (χ0n) is 10.9. The molecular formula is C14H13N3O4. The van der Waals surface area contributed by atoms with E-state index in [0.29, 0.717) is 11.4 Å². The zero-order valence-corrected chi connectivity index (χ0v) is 10.9. The number of nitrogens with two attached hydrogens (primary N) is 1. The Kier molecular flexibility index (Phi) is 4.03. The average Bonchev–Trinajstić information content (AvgIpc) is 2.43. The predicted molar refractivity (Wildman–Crippen MR) is 76.0 cm³/mol. The highest BCUT2D eigenvalue weighted by Gasteiger charge is 2.14. The van der Waals surface area contributed by atoms with E-state index in [1.807, 2.05) is 0 Å². The number of nitrogens with one attached hydrogen (secondary N) is 1. The first kappa shape index (κ1) is 14.3. The molecule has 0 atom stereocenters. The molecule has 0 aliphatic carbocycles. The second-order valence-electron chi connectivity index (χ2n) is 4.34. The number of hydrogen-bond donors (Lipinski definition) is 4. The van der Waals surface area contributed by atoms with Crippen molar-refractivity contribution in [2.45, 2.75) is 6.42 Å². The van der Waals surface area contributed by atoms with E-state index in [1.165, 1.54) is 18.3 Å². The number of nitrogen functional groups attached to an aromatic ring is 1. The number of carboxylic acid groups (broad SMARTS) is 1. The highest BCUT2D eigenvalue weighted by Crippen LogP contribution is 2.21. The van der Waals surface area contributed by atoms with Gasteiger partial charge in [-0.1, -0.05) is 0 Å². The molecule has 1 amide bonds. The quantitative estimate of drug-likeness (QED) is 0.627. The van der Waals surface area contributed by atoms with Crippen molar-refractivity contribution >= 4 is 23.3 Å². The lowest BCUT2D eigenvalue weighted by molar-refractivity contribution is -0.115. The van der Waals surface area contributed by atoms with Crippen LogP contribution < -0.4 is 11.1 Å². The van der Waals surface area contributed by atoms with E-state index < -0.39 is 11.9 Å². The van der Waals surface area contributed by atoms with Crippen LogP contribution in [-0.2, 0) is 11.2 Å². The van der Waals surface area contributed by atoms with Crippen LogP contribution in [0.25, 0.3) is 0 Å². The minimum Gasteiger partial charge on any atom is -0.508 e. The van der Waals surface area contributed by atoms with Crippen LogP contribution in [0.3, 0.4) is 0 Å². The molecule has 1 heterocycles. The van der Waals surface area contributed by atoms with Crippen LogP contribution in [0.2, 0.25) is 0 Å². The van der Waals surface area contributed by atoms with Gasteiger partial charge in [-0.3, -0.25) is 9.78 Å². The molecule has 21 heavy (non-hydrogen) atoms. The Balaban J connectivity index is 2.12. The molecule has 5 N–H and O–H groups in total. The van der Waals surface area contributed by atoms with E-state index in [9.17, 15) is 14.7 Å². The minimum absolute atomic E-state index is 0.0137. The number of nitrogens with zero attached hydrogens (tertiary/aromatic N) is 1. The molecule has 2 rings (SSSR count). The third-order valence-electron chi connectivity index (χ3n) is 2.70. The normalized spacial score (nSPS) is 10.1. The smallest absolute Gasteiger partial charge is 0.337 e. The van der Waals surface area contributed by atoms with Gasteiger partial charge >= 0.3 is 5.97 Å². The highest BCUT2D eigenvalue weighted by molar-refractivity contribution is 6.01. The molecule has 0 unspecified atom stereocenters. The maximum atomic E-state index is 11.9. The molecule has 0 aliphatic heterocycles. The van der Waals surface area contributed by atoms with E-state index in [1.54, 1.807) is 12.1 Å². The SMILES string of the molecule is Nc1ccc(CC(=O)Nc2ccc(O)cc2C(=O)O)nc1. The van der Waals surface area contributed by atoms with Crippen molar-refractivity contribution in [2.24, 2.45) is 0 Å². The summed E-state index contributed by atoms with van der Waals surface area (Å²) in [7, 11) is 0. The van der Waals surface area contributed by atoms with E-state index >= 15 is 0 Å². The third-order valence-corrected chi connectivity index (χ3v) is 2.70. The largest absolute Gasteiger partial charge is 0.508 e. The van der Waals surface area contributed by atoms with Gasteiger partial charge in [0.2, 0.25) is 5.91 Å². The van der Waals surface area contributed by atoms with Gasteiger partial charge in [-0.05, 0) is 30.3 Å². The number of carbonyl (C=O) groups is 2. The maximum absolute atomic E-state index is 11.9. The summed E-state index contributed by atoms with van der Waals surface area (Å²) in [6, 6.07) is 6.93. The second-order valence-corrected chi connectivity index (χ2v) is 4.34. The van der Waals surface area contributed by atoms with E-state index in [2.05, 4.69) is 10.3 Å². The maximum Gasteiger partial charge on any atom is 0.337 e. The lowest BCUT2D eigenvalue weighted by atomic mass is 10.1. The Morgan fingerprint density at radius 2 is 2.00 bits per heavy atom. The Hall–Kier alpha value is -3.09. The van der Waals surface area contributed by atoms with Crippen LogP contribution in [0.1, 0.15) is 16.1 Å². The number of aromatic hydroxyl groups is 1. The van der Waals surface area contributed by atoms with Gasteiger partial charge in [0.1, 0.15) is 5.75 Å². The van der Waals surface area contributed by atoms with Crippen molar-refractivity contribution in [3.8, 4) is 5.75 Å². The average molecular weight is 287 g/mol. The lowest BCUT2D eigenvalue weighted by Crippen LogP contribution is -2.17. The highest BCUT2D eigenvalue weighted by atomic mass is 16.4. The van der Waals surface area contributed by atoms with E-state index in [4.69, 9.17) is 10.8 Å². The molecule has 0 bridgehead atoms. The number of carbonyl (C=O) groups excluding carboxylic acids is 1. The summed E-state index contributed by atoms with van der Waals surface area (Å²) in [5.41, 5.74) is 6.42. The van der Waals surface area contributed by atoms with Crippen LogP contribution in [0, 0.1) is 0 Å². The Labute approximate surface area is 120 Å². The van der Waals surface area contributed by atoms with Crippen LogP contribution in [0.5, 0.6) is 5.75 Å². The molecule has 1 aromatic carbocycles. The molecule has 0 saturated heterocycles. The summed E-state index contributed by atoms with van der Waals surface area (Å²) in [6.07, 6.45) is 1.42. The number of phenolic OH excluding ortho intramolecular Hbond substituents is 1. The van der Waals surface area contributed by atoms with Crippen molar-refractivity contribution in [3.63, 3.8) is 0 Å². The number of rotatable bonds is 4. The summed E-state index contributed by atoms with van der Waals surface area (Å²) in [5.74, 6) is -1.85. The first-order valence-corrected chi connectivity index (χ1v) is 6.02. The molecule has 7 nitrogen and oxygen atoms in total. The summed E-state index contributed by atoms with van der Waals surface area (Å²) in [4.78, 5) is 26.9. The molecule has 0 fully saturated rings. The van der Waals surface area contributed by atoms with Crippen molar-refractivity contribution < 1.29 is 19.8 Å². The molecule has 0 aliphatic rings. The van der Waals surface area contributed by atoms with Gasteiger partial charge in [0.05, 0.1) is 29.6 Å². The summed E-state index contributed by atoms with van der Waals surface area (Å²) < 4.78 is 0. The van der Waals surface area contributed by atoms with E-state index in [-0.39, 0.29) is 23.4 Å². The molecule has 0 spiro atoms. The number of pyridine rings is 1. The Morgan fingerprint density at radius 3 is 2.62 bits per heavy atom. The molecule has 2 aromatic rings. The summed E-state index contributed by atoms with van der Waals surface area (Å²) in [5, 5.41) is 20.8. The number of amides is 1. The molecule has 0 saturated carbocycles. The van der Waals surface area contributed by atoms with Crippen LogP contribution >= 0.6 is 0 Å². The van der Waals surface area contributed by atoms with Gasteiger partial charge in [0, 0.05) is 5.69 Å². The Bertz CT molecular complexity index is 683. The molecule has 0 radical (unpaired) electrons. The predicted octanol–water partition coefficient (Wildman–Crippen LogP) is 1.25. The molecule has 108 valence electrons. The fourth-order valence-electron chi connectivity index (χ4n) is 1.72. The lowest BCUT2D eigenvalue weighted by Gasteiger charge is -2.08. The number of aromatic nitrogens is 1. The number of anilines is 2. The first-order valence-electron chi connectivity index (χ1n) is 6.02. The van der Waals surface area contributed by atoms with Crippen LogP contribution in [0.15, 0.2) is 36.5 Å². The van der Waals surface area contributed by atoms with Gasteiger partial charge < -0.3 is 21.3 Å². The minimum atomic E-state index is -1.24. The fourth-order valence-corrected chi connectivity index (χ4v) is 1.72. The summed E-state index contributed by atoms with van der Waals surface area (Å²) in [6.45, 7) is 0. The van der Waals surface area contributed by atoms with Crippen molar-refractivity contribution in [1.82, 2.24) is 4.98 Å². The molecule has 7 heteroatoms. The first-order chi connectivity index (χ1) is 9.95. The van der Waals surface area contributed by atoms with E-state index in [0.717, 1.165) is 6.07 Å². The van der Waals surface area contributed by atoms with Gasteiger partial charge in [0.15, 0.2) is 0 Å². The molecule has 1 aromatic heterocycles. The number of aromatic carboxylic acids is 1. The third kappa shape index (κ3) is 3.69. The number of hydrogen-bond acceptors (Lipinski definition) is 5. The topological polar surface area (TPSA) is 126 Å². The number of benzene rings is 1. The van der Waals surface area contributed by atoms with Gasteiger partial charge in [-0.2, -0.15) is 0 Å². The van der Waals surface area contributed by atoms with Gasteiger partial charge in [0.25, 0.3) is 0 Å². The van der Waals surface area contributed by atoms with Crippen molar-refractivity contribution in [2.75, 3.05) is 11.1 Å². The van der Waals surface area contributed by atoms with Crippen molar-refractivity contribution in [1.29, 1.82) is 0 Å². The Morgan fingerprint density at radius 1 is 1.24 bits per heavy atom. The van der Waals surface area contributed by atoms with Crippen LogP contribution in [0.4, 0.5) is 11.4 Å². The zero-order chi connectivity index (χ0) is 15.4. The fraction of sp³-hybridized carbons (Fsp3) is 0.0714. The number of carboxylic acids is 1.